The molecule has 0 aliphatic heterocycles. The summed E-state index contributed by atoms with van der Waals surface area (Å²) in [6.45, 7) is 2.46. The van der Waals surface area contributed by atoms with E-state index in [0.29, 0.717) is 13.0 Å². The van der Waals surface area contributed by atoms with Crippen LogP contribution in [0.25, 0.3) is 10.6 Å². The van der Waals surface area contributed by atoms with Gasteiger partial charge < -0.3 is 9.84 Å². The van der Waals surface area contributed by atoms with Gasteiger partial charge in [0.25, 0.3) is 0 Å². The molecule has 0 aliphatic rings. The van der Waals surface area contributed by atoms with Gasteiger partial charge in [-0.05, 0) is 48.2 Å². The molecule has 3 rings (SSSR count). The Morgan fingerprint density at radius 1 is 1.24 bits per heavy atom. The van der Waals surface area contributed by atoms with Gasteiger partial charge in [0.05, 0.1) is 0 Å². The van der Waals surface area contributed by atoms with Crippen molar-refractivity contribution in [1.82, 2.24) is 4.98 Å². The van der Waals surface area contributed by atoms with Crippen LogP contribution in [0.5, 0.6) is 5.75 Å². The number of hydrogen-bond acceptors (Lipinski definition) is 4. The summed E-state index contributed by atoms with van der Waals surface area (Å²) in [4.78, 5) is 15.0. The van der Waals surface area contributed by atoms with E-state index in [1.807, 2.05) is 48.7 Å². The minimum Gasteiger partial charge on any atom is -0.489 e. The maximum atomic E-state index is 10.7. The Morgan fingerprint density at radius 3 is 2.84 bits per heavy atom. The molecule has 0 saturated carbocycles. The summed E-state index contributed by atoms with van der Waals surface area (Å²) in [7, 11) is 0. The van der Waals surface area contributed by atoms with Crippen LogP contribution in [-0.4, -0.2) is 16.1 Å². The van der Waals surface area contributed by atoms with Crippen molar-refractivity contribution in [3.63, 3.8) is 0 Å². The van der Waals surface area contributed by atoms with Crippen LogP contribution in [0.3, 0.4) is 0 Å². The van der Waals surface area contributed by atoms with Gasteiger partial charge in [-0.15, -0.1) is 11.3 Å². The van der Waals surface area contributed by atoms with Crippen molar-refractivity contribution in [2.45, 2.75) is 26.4 Å². The Morgan fingerprint density at radius 2 is 2.12 bits per heavy atom. The number of carboxylic acid groups (broad SMARTS) is 1. The fraction of sp³-hybridized carbons (Fsp3) is 0.200. The number of aromatic nitrogens is 1. The second-order valence-electron chi connectivity index (χ2n) is 5.81. The van der Waals surface area contributed by atoms with Crippen LogP contribution in [0.2, 0.25) is 0 Å². The lowest BCUT2D eigenvalue weighted by Gasteiger charge is -2.10. The van der Waals surface area contributed by atoms with Gasteiger partial charge in [-0.2, -0.15) is 0 Å². The fourth-order valence-electron chi connectivity index (χ4n) is 2.61. The zero-order valence-corrected chi connectivity index (χ0v) is 14.8. The maximum absolute atomic E-state index is 10.7. The lowest BCUT2D eigenvalue weighted by atomic mass is 10.0. The van der Waals surface area contributed by atoms with E-state index in [2.05, 4.69) is 11.1 Å². The first-order valence-electron chi connectivity index (χ1n) is 8.05. The molecule has 128 valence electrons. The number of benzene rings is 2. The van der Waals surface area contributed by atoms with Gasteiger partial charge in [0.2, 0.25) is 0 Å². The fourth-order valence-corrected chi connectivity index (χ4v) is 3.24. The smallest absolute Gasteiger partial charge is 0.303 e. The van der Waals surface area contributed by atoms with Crippen LogP contribution in [-0.2, 0) is 17.8 Å². The highest BCUT2D eigenvalue weighted by atomic mass is 32.1. The van der Waals surface area contributed by atoms with Gasteiger partial charge in [0.15, 0.2) is 0 Å². The number of hydrogen-bond donors (Lipinski definition) is 1. The van der Waals surface area contributed by atoms with E-state index < -0.39 is 5.97 Å². The highest BCUT2D eigenvalue weighted by Crippen LogP contribution is 2.24. The van der Waals surface area contributed by atoms with Crippen LogP contribution in [0.1, 0.15) is 23.1 Å². The molecule has 0 fully saturated rings. The standard InChI is InChI=1S/C20H19NO3S/c1-14-11-18(7-5-16(14)6-8-19(22)23)24-13-15-3-2-4-17(12-15)20-21-9-10-25-20/h2-5,7,9-12H,6,8,13H2,1H3,(H,22,23). The van der Waals surface area contributed by atoms with E-state index in [1.165, 1.54) is 0 Å². The molecule has 3 aromatic rings. The maximum Gasteiger partial charge on any atom is 0.303 e. The molecule has 1 heterocycles. The van der Waals surface area contributed by atoms with Gasteiger partial charge in [-0.3, -0.25) is 4.79 Å². The number of thiazole rings is 1. The molecule has 5 heteroatoms. The Balaban J connectivity index is 1.65. The van der Waals surface area contributed by atoms with Crippen molar-refractivity contribution >= 4 is 17.3 Å². The van der Waals surface area contributed by atoms with E-state index in [0.717, 1.165) is 33.0 Å². The van der Waals surface area contributed by atoms with Gasteiger partial charge >= 0.3 is 5.97 Å². The molecule has 0 radical (unpaired) electrons. The Labute approximate surface area is 150 Å². The predicted molar refractivity (Wildman–Crippen MR) is 99.0 cm³/mol. The highest BCUT2D eigenvalue weighted by Gasteiger charge is 2.06. The van der Waals surface area contributed by atoms with Crippen molar-refractivity contribution in [1.29, 1.82) is 0 Å². The molecular formula is C20H19NO3S. The van der Waals surface area contributed by atoms with E-state index >= 15 is 0 Å². The highest BCUT2D eigenvalue weighted by molar-refractivity contribution is 7.13. The SMILES string of the molecule is Cc1cc(OCc2cccc(-c3nccs3)c2)ccc1CCC(=O)O. The summed E-state index contributed by atoms with van der Waals surface area (Å²) >= 11 is 1.62. The first kappa shape index (κ1) is 17.2. The van der Waals surface area contributed by atoms with E-state index in [1.54, 1.807) is 17.5 Å². The summed E-state index contributed by atoms with van der Waals surface area (Å²) in [5.74, 6) is 0.0102. The molecule has 2 aromatic carbocycles. The zero-order chi connectivity index (χ0) is 17.6. The average Bonchev–Trinajstić information content (AvgIpc) is 3.14. The van der Waals surface area contributed by atoms with E-state index in [4.69, 9.17) is 9.84 Å². The predicted octanol–water partition coefficient (Wildman–Crippen LogP) is 4.71. The first-order valence-corrected chi connectivity index (χ1v) is 8.93. The summed E-state index contributed by atoms with van der Waals surface area (Å²) in [5.41, 5.74) is 4.27. The molecule has 0 unspecified atom stereocenters. The van der Waals surface area contributed by atoms with Crippen molar-refractivity contribution in [3.05, 3.63) is 70.7 Å². The number of aryl methyl sites for hydroxylation is 2. The topological polar surface area (TPSA) is 59.4 Å². The normalized spacial score (nSPS) is 10.6. The van der Waals surface area contributed by atoms with Gasteiger partial charge in [0, 0.05) is 23.6 Å². The van der Waals surface area contributed by atoms with E-state index in [9.17, 15) is 4.79 Å². The third kappa shape index (κ3) is 4.67. The first-order chi connectivity index (χ1) is 12.1. The van der Waals surface area contributed by atoms with Crippen molar-refractivity contribution in [2.75, 3.05) is 0 Å². The van der Waals surface area contributed by atoms with Gasteiger partial charge in [-0.1, -0.05) is 24.3 Å². The van der Waals surface area contributed by atoms with Crippen LogP contribution in [0, 0.1) is 6.92 Å². The lowest BCUT2D eigenvalue weighted by molar-refractivity contribution is -0.136. The lowest BCUT2D eigenvalue weighted by Crippen LogP contribution is -2.00. The molecule has 0 atom stereocenters. The molecule has 0 aliphatic carbocycles. The summed E-state index contributed by atoms with van der Waals surface area (Å²) in [6, 6.07) is 14.0. The molecule has 1 N–H and O–H groups in total. The number of nitrogens with zero attached hydrogens (tertiary/aromatic N) is 1. The van der Waals surface area contributed by atoms with Crippen molar-refractivity contribution in [3.8, 4) is 16.3 Å². The largest absolute Gasteiger partial charge is 0.489 e. The molecule has 25 heavy (non-hydrogen) atoms. The van der Waals surface area contributed by atoms with Crippen molar-refractivity contribution < 1.29 is 14.6 Å². The molecule has 4 nitrogen and oxygen atoms in total. The van der Waals surface area contributed by atoms with Crippen LogP contribution < -0.4 is 4.74 Å². The zero-order valence-electron chi connectivity index (χ0n) is 13.9. The summed E-state index contributed by atoms with van der Waals surface area (Å²) in [6.07, 6.45) is 2.49. The van der Waals surface area contributed by atoms with Gasteiger partial charge in [-0.25, -0.2) is 4.98 Å². The molecular weight excluding hydrogens is 334 g/mol. The minimum absolute atomic E-state index is 0.143. The quantitative estimate of drug-likeness (QED) is 0.668. The summed E-state index contributed by atoms with van der Waals surface area (Å²) in [5, 5.41) is 11.8. The molecule has 0 bridgehead atoms. The number of rotatable bonds is 7. The second-order valence-corrected chi connectivity index (χ2v) is 6.70. The molecule has 0 spiro atoms. The third-order valence-electron chi connectivity index (χ3n) is 3.93. The minimum atomic E-state index is -0.778. The second kappa shape index (κ2) is 7.94. The monoisotopic (exact) mass is 353 g/mol. The number of aliphatic carboxylic acids is 1. The number of carboxylic acids is 1. The number of ether oxygens (including phenoxy) is 1. The average molecular weight is 353 g/mol. The Hall–Kier alpha value is -2.66. The molecule has 1 aromatic heterocycles. The van der Waals surface area contributed by atoms with E-state index in [-0.39, 0.29) is 6.42 Å². The van der Waals surface area contributed by atoms with Crippen LogP contribution in [0.15, 0.2) is 54.0 Å². The van der Waals surface area contributed by atoms with Gasteiger partial charge in [0.1, 0.15) is 17.4 Å². The van der Waals surface area contributed by atoms with Crippen LogP contribution in [0.4, 0.5) is 0 Å². The molecule has 0 amide bonds. The summed E-state index contributed by atoms with van der Waals surface area (Å²) < 4.78 is 5.89. The van der Waals surface area contributed by atoms with Crippen molar-refractivity contribution in [2.24, 2.45) is 0 Å². The molecule has 0 saturated heterocycles. The Bertz CT molecular complexity index is 859. The number of carbonyl (C=O) groups is 1. The van der Waals surface area contributed by atoms with Crippen LogP contribution >= 0.6 is 11.3 Å². The Kier molecular flexibility index (Phi) is 5.46. The third-order valence-corrected chi connectivity index (χ3v) is 4.76.